The zero-order valence-electron chi connectivity index (χ0n) is 16.4. The van der Waals surface area contributed by atoms with Crippen LogP contribution in [0.15, 0.2) is 36.4 Å². The summed E-state index contributed by atoms with van der Waals surface area (Å²) in [5, 5.41) is 8.64. The molecule has 3 saturated heterocycles. The van der Waals surface area contributed by atoms with Gasteiger partial charge in [-0.1, -0.05) is 24.3 Å². The van der Waals surface area contributed by atoms with Gasteiger partial charge in [-0.2, -0.15) is 27.8 Å². The minimum atomic E-state index is -4.96. The number of urea groups is 1. The Morgan fingerprint density at radius 2 is 1.78 bits per heavy atom. The SMILES string of the molecule is N#Cc1ccc(N2C(=O)C3C[N@@]4CC(S(=O)(=O)CC(F)(F)F)[N+]3(C4)C2=O)c2ccccc12. The van der Waals surface area contributed by atoms with Gasteiger partial charge in [-0.15, -0.1) is 0 Å². The molecule has 12 heteroatoms. The number of rotatable bonds is 3. The highest BCUT2D eigenvalue weighted by molar-refractivity contribution is 7.91. The van der Waals surface area contributed by atoms with Gasteiger partial charge in [0.2, 0.25) is 15.2 Å². The molecule has 0 aliphatic carbocycles. The van der Waals surface area contributed by atoms with Crippen LogP contribution in [-0.2, 0) is 14.6 Å². The van der Waals surface area contributed by atoms with Crippen LogP contribution in [0.1, 0.15) is 5.56 Å². The molecule has 3 unspecified atom stereocenters. The summed E-state index contributed by atoms with van der Waals surface area (Å²) >= 11 is 0. The van der Waals surface area contributed by atoms with E-state index in [9.17, 15) is 36.4 Å². The third-order valence-electron chi connectivity index (χ3n) is 6.44. The second kappa shape index (κ2) is 6.50. The number of hydrogen-bond donors (Lipinski definition) is 0. The number of nitriles is 1. The van der Waals surface area contributed by atoms with E-state index in [1.54, 1.807) is 29.2 Å². The quantitative estimate of drug-likeness (QED) is 0.508. The van der Waals surface area contributed by atoms with E-state index in [2.05, 4.69) is 0 Å². The minimum Gasteiger partial charge on any atom is -0.267 e. The number of anilines is 1. The highest BCUT2D eigenvalue weighted by Crippen LogP contribution is 2.46. The van der Waals surface area contributed by atoms with Crippen LogP contribution in [-0.4, -0.2) is 72.8 Å². The third-order valence-corrected chi connectivity index (χ3v) is 8.53. The predicted octanol–water partition coefficient (Wildman–Crippen LogP) is 1.95. The normalized spacial score (nSPS) is 29.6. The number of fused-ring (bicyclic) bond motifs is 2. The lowest BCUT2D eigenvalue weighted by atomic mass is 10.0. The molecule has 1 spiro atoms. The van der Waals surface area contributed by atoms with Crippen molar-refractivity contribution >= 4 is 38.2 Å². The largest absolute Gasteiger partial charge is 0.433 e. The van der Waals surface area contributed by atoms with Crippen molar-refractivity contribution in [3.8, 4) is 6.07 Å². The van der Waals surface area contributed by atoms with E-state index < -0.39 is 49.6 Å². The summed E-state index contributed by atoms with van der Waals surface area (Å²) in [6.45, 7) is -0.287. The molecule has 4 atom stereocenters. The number of halogens is 3. The maximum absolute atomic E-state index is 13.6. The molecular weight excluding hydrogens is 449 g/mol. The molecule has 2 aromatic carbocycles. The fourth-order valence-electron chi connectivity index (χ4n) is 5.21. The van der Waals surface area contributed by atoms with E-state index in [4.69, 9.17) is 0 Å². The summed E-state index contributed by atoms with van der Waals surface area (Å²) in [4.78, 5) is 29.4. The second-order valence-corrected chi connectivity index (χ2v) is 10.4. The van der Waals surface area contributed by atoms with Crippen LogP contribution in [0.4, 0.5) is 23.7 Å². The van der Waals surface area contributed by atoms with E-state index in [0.717, 1.165) is 4.90 Å². The van der Waals surface area contributed by atoms with Gasteiger partial charge in [0.05, 0.1) is 30.4 Å². The van der Waals surface area contributed by atoms with Crippen molar-refractivity contribution in [1.82, 2.24) is 4.90 Å². The van der Waals surface area contributed by atoms with E-state index in [-0.39, 0.29) is 25.4 Å². The Balaban J connectivity index is 1.64. The number of benzene rings is 2. The lowest BCUT2D eigenvalue weighted by molar-refractivity contribution is -0.848. The first-order chi connectivity index (χ1) is 15.0. The van der Waals surface area contributed by atoms with E-state index in [0.29, 0.717) is 16.3 Å². The molecule has 3 aliphatic heterocycles. The zero-order valence-corrected chi connectivity index (χ0v) is 17.2. The topological polar surface area (TPSA) is 98.5 Å². The van der Waals surface area contributed by atoms with Crippen LogP contribution in [0.3, 0.4) is 0 Å². The van der Waals surface area contributed by atoms with Crippen LogP contribution in [0.5, 0.6) is 0 Å². The molecular formula is C20H16F3N4O4S+. The number of nitrogens with zero attached hydrogens (tertiary/aromatic N) is 4. The Labute approximate surface area is 180 Å². The van der Waals surface area contributed by atoms with Crippen molar-refractivity contribution in [3.63, 3.8) is 0 Å². The van der Waals surface area contributed by atoms with Gasteiger partial charge >= 0.3 is 12.2 Å². The molecule has 0 N–H and O–H groups in total. The first-order valence-corrected chi connectivity index (χ1v) is 11.4. The fourth-order valence-corrected chi connectivity index (χ4v) is 7.18. The molecule has 2 aromatic rings. The number of sulfone groups is 1. The van der Waals surface area contributed by atoms with E-state index >= 15 is 0 Å². The third kappa shape index (κ3) is 2.71. The van der Waals surface area contributed by atoms with Crippen molar-refractivity contribution in [1.29, 1.82) is 5.26 Å². The fraction of sp³-hybridized carbons (Fsp3) is 0.350. The summed E-state index contributed by atoms with van der Waals surface area (Å²) in [5.74, 6) is -2.70. The summed E-state index contributed by atoms with van der Waals surface area (Å²) in [6, 6.07) is 9.62. The Hall–Kier alpha value is -3.01. The Bertz CT molecular complexity index is 1340. The molecule has 166 valence electrons. The maximum Gasteiger partial charge on any atom is 0.433 e. The lowest BCUT2D eigenvalue weighted by Gasteiger charge is -2.33. The molecule has 2 bridgehead atoms. The smallest absolute Gasteiger partial charge is 0.267 e. The highest BCUT2D eigenvalue weighted by atomic mass is 32.2. The van der Waals surface area contributed by atoms with Crippen molar-refractivity contribution in [2.24, 2.45) is 0 Å². The first kappa shape index (κ1) is 20.9. The van der Waals surface area contributed by atoms with Crippen LogP contribution in [0.2, 0.25) is 0 Å². The minimum absolute atomic E-state index is 0.0906. The summed E-state index contributed by atoms with van der Waals surface area (Å²) in [7, 11) is -4.76. The van der Waals surface area contributed by atoms with Crippen molar-refractivity contribution in [2.45, 2.75) is 17.6 Å². The molecule has 0 aromatic heterocycles. The average Bonchev–Trinajstić information content (AvgIpc) is 3.35. The molecule has 3 heterocycles. The van der Waals surface area contributed by atoms with Gasteiger partial charge in [0, 0.05) is 10.8 Å². The van der Waals surface area contributed by atoms with Crippen LogP contribution >= 0.6 is 0 Å². The van der Waals surface area contributed by atoms with Gasteiger partial charge < -0.3 is 0 Å². The van der Waals surface area contributed by atoms with Gasteiger partial charge in [0.25, 0.3) is 5.91 Å². The molecule has 3 fully saturated rings. The highest BCUT2D eigenvalue weighted by Gasteiger charge is 2.75. The van der Waals surface area contributed by atoms with Gasteiger partial charge in [0.15, 0.2) is 11.8 Å². The summed E-state index contributed by atoms with van der Waals surface area (Å²) in [5.41, 5.74) is 0.510. The number of imide groups is 1. The molecule has 0 saturated carbocycles. The number of amides is 3. The monoisotopic (exact) mass is 465 g/mol. The number of piperazine rings is 1. The molecule has 32 heavy (non-hydrogen) atoms. The van der Waals surface area contributed by atoms with E-state index in [1.165, 1.54) is 12.1 Å². The van der Waals surface area contributed by atoms with Crippen molar-refractivity contribution in [2.75, 3.05) is 30.4 Å². The maximum atomic E-state index is 13.6. The Morgan fingerprint density at radius 1 is 1.09 bits per heavy atom. The first-order valence-electron chi connectivity index (χ1n) is 9.68. The van der Waals surface area contributed by atoms with Gasteiger partial charge in [0.1, 0.15) is 6.67 Å². The van der Waals surface area contributed by atoms with Crippen LogP contribution in [0.25, 0.3) is 10.8 Å². The molecule has 8 nitrogen and oxygen atoms in total. The van der Waals surface area contributed by atoms with Gasteiger partial charge in [-0.25, -0.2) is 18.1 Å². The average molecular weight is 465 g/mol. The Kier molecular flexibility index (Phi) is 4.24. The number of alkyl halides is 3. The van der Waals surface area contributed by atoms with Gasteiger partial charge in [-0.3, -0.25) is 4.79 Å². The van der Waals surface area contributed by atoms with Crippen molar-refractivity contribution < 1.29 is 35.7 Å². The molecule has 3 aliphatic rings. The Morgan fingerprint density at radius 3 is 2.44 bits per heavy atom. The predicted molar refractivity (Wildman–Crippen MR) is 106 cm³/mol. The molecule has 5 rings (SSSR count). The summed E-state index contributed by atoms with van der Waals surface area (Å²) in [6.07, 6.45) is -4.96. The zero-order chi connectivity index (χ0) is 23.1. The van der Waals surface area contributed by atoms with E-state index in [1.807, 2.05) is 6.07 Å². The van der Waals surface area contributed by atoms with Crippen LogP contribution < -0.4 is 4.90 Å². The number of carbonyl (C=O) groups is 2. The second-order valence-electron chi connectivity index (χ2n) is 8.25. The van der Waals surface area contributed by atoms with Crippen LogP contribution in [0, 0.1) is 11.3 Å². The van der Waals surface area contributed by atoms with Gasteiger partial charge in [-0.05, 0) is 12.1 Å². The number of quaternary nitrogens is 1. The molecule has 3 amide bonds. The standard InChI is InChI=1S/C20H16F3N4O4S/c21-20(22,23)10-32(30,31)17-9-25-8-16-18(28)26(19(29)27(16,17)11-25)15-6-5-12(7-24)13-3-1-2-4-14(13)15/h1-6,16-17H,8-11H2/q+1. The molecule has 0 radical (unpaired) electrons. The van der Waals surface area contributed by atoms with Crippen molar-refractivity contribution in [3.05, 3.63) is 42.0 Å². The number of hydrogen-bond acceptors (Lipinski definition) is 6. The summed E-state index contributed by atoms with van der Waals surface area (Å²) < 4.78 is 63.4. The number of carbonyl (C=O) groups excluding carboxylic acids is 2. The lowest BCUT2D eigenvalue weighted by Crippen LogP contribution is -2.63.